The Hall–Kier alpha value is -2.35. The zero-order valence-corrected chi connectivity index (χ0v) is 7.97. The fourth-order valence-electron chi connectivity index (χ4n) is 0.915. The van der Waals surface area contributed by atoms with E-state index in [4.69, 9.17) is 15.1 Å². The van der Waals surface area contributed by atoms with Gasteiger partial charge in [0.05, 0.1) is 12.8 Å². The Labute approximate surface area is 86.2 Å². The lowest BCUT2D eigenvalue weighted by Gasteiger charge is -1.98. The van der Waals surface area contributed by atoms with Crippen molar-refractivity contribution >= 4 is 12.0 Å². The maximum atomic E-state index is 10.5. The second kappa shape index (κ2) is 4.77. The van der Waals surface area contributed by atoms with Crippen LogP contribution in [0.5, 0.6) is 5.88 Å². The van der Waals surface area contributed by atoms with Crippen LogP contribution in [0.4, 0.5) is 0 Å². The van der Waals surface area contributed by atoms with Gasteiger partial charge in [-0.05, 0) is 12.1 Å². The van der Waals surface area contributed by atoms with E-state index in [9.17, 15) is 4.79 Å². The van der Waals surface area contributed by atoms with Crippen LogP contribution in [0.3, 0.4) is 0 Å². The second-order valence-electron chi connectivity index (χ2n) is 2.58. The van der Waals surface area contributed by atoms with Crippen molar-refractivity contribution in [2.75, 3.05) is 7.11 Å². The van der Waals surface area contributed by atoms with Crippen molar-refractivity contribution in [3.63, 3.8) is 0 Å². The number of ether oxygens (including phenoxy) is 1. The van der Waals surface area contributed by atoms with Gasteiger partial charge in [-0.1, -0.05) is 6.07 Å². The molecule has 0 aromatic carbocycles. The quantitative estimate of drug-likeness (QED) is 0.588. The van der Waals surface area contributed by atoms with Gasteiger partial charge < -0.3 is 9.84 Å². The minimum absolute atomic E-state index is 0.365. The Kier molecular flexibility index (Phi) is 3.41. The molecule has 0 aliphatic carbocycles. The molecule has 1 aromatic heterocycles. The van der Waals surface area contributed by atoms with Crippen molar-refractivity contribution in [3.8, 4) is 11.9 Å². The summed E-state index contributed by atoms with van der Waals surface area (Å²) in [5.74, 6) is -0.909. The summed E-state index contributed by atoms with van der Waals surface area (Å²) in [5.41, 5.74) is 0.00375. The van der Waals surface area contributed by atoms with Crippen LogP contribution in [-0.2, 0) is 4.79 Å². The monoisotopic (exact) mass is 204 g/mol. The first-order valence-corrected chi connectivity index (χ1v) is 4.03. The molecule has 0 fully saturated rings. The lowest BCUT2D eigenvalue weighted by molar-refractivity contribution is -0.132. The van der Waals surface area contributed by atoms with Gasteiger partial charge in [-0.3, -0.25) is 0 Å². The lowest BCUT2D eigenvalue weighted by atomic mass is 10.2. The molecule has 0 unspecified atom stereocenters. The molecule has 1 rings (SSSR count). The van der Waals surface area contributed by atoms with Gasteiger partial charge in [0.25, 0.3) is 0 Å². The molecule has 0 atom stereocenters. The highest BCUT2D eigenvalue weighted by atomic mass is 16.5. The Balaban J connectivity index is 3.07. The van der Waals surface area contributed by atoms with E-state index in [1.54, 1.807) is 24.3 Å². The maximum absolute atomic E-state index is 10.5. The van der Waals surface area contributed by atoms with Gasteiger partial charge in [0.1, 0.15) is 11.6 Å². The minimum atomic E-state index is -1.28. The number of carboxylic acid groups (broad SMARTS) is 1. The normalized spacial score (nSPS) is 10.5. The highest BCUT2D eigenvalue weighted by molar-refractivity contribution is 5.96. The summed E-state index contributed by atoms with van der Waals surface area (Å²) in [6.07, 6.45) is 1.19. The number of nitriles is 1. The first-order valence-electron chi connectivity index (χ1n) is 4.03. The molecule has 1 aromatic rings. The Morgan fingerprint density at radius 3 is 2.93 bits per heavy atom. The lowest BCUT2D eigenvalue weighted by Crippen LogP contribution is -1.98. The van der Waals surface area contributed by atoms with Crippen LogP contribution in [-0.4, -0.2) is 23.2 Å². The van der Waals surface area contributed by atoms with Gasteiger partial charge >= 0.3 is 5.97 Å². The number of methoxy groups -OCH3 is 1. The predicted molar refractivity (Wildman–Crippen MR) is 52.0 cm³/mol. The molecule has 0 radical (unpaired) electrons. The van der Waals surface area contributed by atoms with Gasteiger partial charge in [-0.25, -0.2) is 9.78 Å². The number of aliphatic carboxylic acids is 1. The van der Waals surface area contributed by atoms with Gasteiger partial charge in [-0.15, -0.1) is 0 Å². The fourth-order valence-corrected chi connectivity index (χ4v) is 0.915. The number of nitrogens with zero attached hydrogens (tertiary/aromatic N) is 2. The molecule has 0 bridgehead atoms. The maximum Gasteiger partial charge on any atom is 0.346 e. The van der Waals surface area contributed by atoms with Crippen LogP contribution in [0.15, 0.2) is 23.8 Å². The molecule has 5 heteroatoms. The zero-order valence-electron chi connectivity index (χ0n) is 7.97. The number of aromatic nitrogens is 1. The average molecular weight is 204 g/mol. The van der Waals surface area contributed by atoms with Gasteiger partial charge in [0.15, 0.2) is 0 Å². The molecule has 0 aliphatic heterocycles. The van der Waals surface area contributed by atoms with Crippen molar-refractivity contribution < 1.29 is 14.6 Å². The Morgan fingerprint density at radius 1 is 1.67 bits per heavy atom. The number of rotatable bonds is 3. The van der Waals surface area contributed by atoms with Crippen LogP contribution < -0.4 is 4.74 Å². The third-order valence-electron chi connectivity index (χ3n) is 1.60. The standard InChI is InChI=1S/C10H8N2O3/c1-15-9-4-2-3-8(12-9)5-7(6-11)10(13)14/h2-5H,1H3,(H,13,14)/b7-5+. The second-order valence-corrected chi connectivity index (χ2v) is 2.58. The van der Waals surface area contributed by atoms with E-state index in [-0.39, 0.29) is 5.57 Å². The Morgan fingerprint density at radius 2 is 2.40 bits per heavy atom. The summed E-state index contributed by atoms with van der Waals surface area (Å²) in [6, 6.07) is 6.44. The Bertz CT molecular complexity index is 446. The van der Waals surface area contributed by atoms with Crippen LogP contribution in [0, 0.1) is 11.3 Å². The third-order valence-corrected chi connectivity index (χ3v) is 1.60. The number of pyridine rings is 1. The number of carboxylic acids is 1. The van der Waals surface area contributed by atoms with Crippen molar-refractivity contribution in [1.29, 1.82) is 5.26 Å². The molecule has 15 heavy (non-hydrogen) atoms. The van der Waals surface area contributed by atoms with Crippen LogP contribution in [0.1, 0.15) is 5.69 Å². The molecule has 1 N–H and O–H groups in total. The predicted octanol–water partition coefficient (Wildman–Crippen LogP) is 1.08. The molecule has 0 aliphatic rings. The zero-order chi connectivity index (χ0) is 11.3. The summed E-state index contributed by atoms with van der Waals surface area (Å²) in [7, 11) is 1.46. The molecular formula is C10H8N2O3. The largest absolute Gasteiger partial charge is 0.481 e. The summed E-state index contributed by atoms with van der Waals surface area (Å²) in [5, 5.41) is 17.1. The molecule has 76 valence electrons. The number of carbonyl (C=O) groups is 1. The molecule has 0 amide bonds. The van der Waals surface area contributed by atoms with Gasteiger partial charge in [0, 0.05) is 6.07 Å². The topological polar surface area (TPSA) is 83.2 Å². The van der Waals surface area contributed by atoms with Crippen LogP contribution in [0.25, 0.3) is 6.08 Å². The van der Waals surface area contributed by atoms with E-state index in [2.05, 4.69) is 4.98 Å². The summed E-state index contributed by atoms with van der Waals surface area (Å²) >= 11 is 0. The summed E-state index contributed by atoms with van der Waals surface area (Å²) < 4.78 is 4.86. The smallest absolute Gasteiger partial charge is 0.346 e. The van der Waals surface area contributed by atoms with Crippen molar-refractivity contribution in [3.05, 3.63) is 29.5 Å². The van der Waals surface area contributed by atoms with Crippen LogP contribution >= 0.6 is 0 Å². The molecule has 0 saturated heterocycles. The molecule has 0 spiro atoms. The van der Waals surface area contributed by atoms with E-state index >= 15 is 0 Å². The first-order chi connectivity index (χ1) is 7.17. The van der Waals surface area contributed by atoms with Gasteiger partial charge in [-0.2, -0.15) is 5.26 Å². The average Bonchev–Trinajstić information content (AvgIpc) is 2.25. The van der Waals surface area contributed by atoms with Gasteiger partial charge in [0.2, 0.25) is 5.88 Å². The third kappa shape index (κ3) is 2.81. The van der Waals surface area contributed by atoms with Crippen molar-refractivity contribution in [2.24, 2.45) is 0 Å². The molecule has 5 nitrogen and oxygen atoms in total. The SMILES string of the molecule is COc1cccc(/C=C(\C#N)C(=O)O)n1. The van der Waals surface area contributed by atoms with Crippen LogP contribution in [0.2, 0.25) is 0 Å². The number of hydrogen-bond donors (Lipinski definition) is 1. The van der Waals surface area contributed by atoms with E-state index in [0.717, 1.165) is 0 Å². The summed E-state index contributed by atoms with van der Waals surface area (Å²) in [6.45, 7) is 0. The van der Waals surface area contributed by atoms with E-state index < -0.39 is 5.97 Å². The van der Waals surface area contributed by atoms with Crippen molar-refractivity contribution in [1.82, 2.24) is 4.98 Å². The van der Waals surface area contributed by atoms with E-state index in [0.29, 0.717) is 11.6 Å². The van der Waals surface area contributed by atoms with Crippen molar-refractivity contribution in [2.45, 2.75) is 0 Å². The fraction of sp³-hybridized carbons (Fsp3) is 0.100. The molecule has 0 saturated carbocycles. The minimum Gasteiger partial charge on any atom is -0.481 e. The summed E-state index contributed by atoms with van der Waals surface area (Å²) in [4.78, 5) is 14.5. The molecule has 1 heterocycles. The highest BCUT2D eigenvalue weighted by Gasteiger charge is 2.06. The molecular weight excluding hydrogens is 196 g/mol. The highest BCUT2D eigenvalue weighted by Crippen LogP contribution is 2.09. The first kappa shape index (κ1) is 10.7. The van der Waals surface area contributed by atoms with E-state index in [1.807, 2.05) is 0 Å². The van der Waals surface area contributed by atoms with E-state index in [1.165, 1.54) is 13.2 Å². The number of hydrogen-bond acceptors (Lipinski definition) is 4.